The maximum atomic E-state index is 13.7. The van der Waals surface area contributed by atoms with Crippen LogP contribution in [0.25, 0.3) is 0 Å². The fourth-order valence-electron chi connectivity index (χ4n) is 1.84. The molecule has 0 aliphatic rings. The Labute approximate surface area is 114 Å². The first-order chi connectivity index (χ1) is 9.02. The average molecular weight is 287 g/mol. The molecule has 0 saturated heterocycles. The first-order valence-corrected chi connectivity index (χ1v) is 6.17. The Balaban J connectivity index is 2.25. The summed E-state index contributed by atoms with van der Waals surface area (Å²) in [6.45, 7) is 2.55. The number of benzene rings is 1. The van der Waals surface area contributed by atoms with E-state index >= 15 is 0 Å². The van der Waals surface area contributed by atoms with Gasteiger partial charge in [-0.3, -0.25) is 4.68 Å². The van der Waals surface area contributed by atoms with E-state index in [2.05, 4.69) is 10.1 Å². The van der Waals surface area contributed by atoms with Crippen molar-refractivity contribution in [1.29, 1.82) is 0 Å². The molecule has 2 N–H and O–H groups in total. The largest absolute Gasteiger partial charge is 0.323 e. The molecule has 0 saturated carbocycles. The number of rotatable bonds is 4. The van der Waals surface area contributed by atoms with Crippen molar-refractivity contribution in [3.63, 3.8) is 0 Å². The molecular formula is C12H13ClF2N4. The Hall–Kier alpha value is -1.53. The van der Waals surface area contributed by atoms with E-state index in [1.54, 1.807) is 4.68 Å². The number of hydrogen-bond donors (Lipinski definition) is 1. The summed E-state index contributed by atoms with van der Waals surface area (Å²) in [7, 11) is 0. The molecule has 1 aromatic heterocycles. The zero-order valence-corrected chi connectivity index (χ0v) is 11.0. The van der Waals surface area contributed by atoms with Crippen molar-refractivity contribution >= 4 is 11.6 Å². The molecule has 0 aliphatic heterocycles. The lowest BCUT2D eigenvalue weighted by atomic mass is 10.0. The summed E-state index contributed by atoms with van der Waals surface area (Å²) in [4.78, 5) is 4.05. The topological polar surface area (TPSA) is 56.7 Å². The van der Waals surface area contributed by atoms with Gasteiger partial charge in [-0.1, -0.05) is 11.6 Å². The van der Waals surface area contributed by atoms with Crippen LogP contribution in [0.15, 0.2) is 18.5 Å². The maximum Gasteiger partial charge on any atom is 0.142 e. The summed E-state index contributed by atoms with van der Waals surface area (Å²) in [5.41, 5.74) is 5.98. The van der Waals surface area contributed by atoms with Gasteiger partial charge in [-0.2, -0.15) is 5.10 Å². The van der Waals surface area contributed by atoms with E-state index in [4.69, 9.17) is 17.3 Å². The summed E-state index contributed by atoms with van der Waals surface area (Å²) >= 11 is 5.50. The van der Waals surface area contributed by atoms with Crippen LogP contribution in [0.3, 0.4) is 0 Å². The van der Waals surface area contributed by atoms with E-state index in [9.17, 15) is 8.78 Å². The molecule has 1 aromatic carbocycles. The second-order valence-electron chi connectivity index (χ2n) is 4.09. The smallest absolute Gasteiger partial charge is 0.142 e. The fourth-order valence-corrected chi connectivity index (χ4v) is 1.99. The molecule has 7 heteroatoms. The molecule has 0 radical (unpaired) electrons. The molecule has 1 unspecified atom stereocenters. The summed E-state index contributed by atoms with van der Waals surface area (Å²) in [5, 5.41) is 3.74. The molecule has 0 fully saturated rings. The van der Waals surface area contributed by atoms with Crippen molar-refractivity contribution in [3.05, 3.63) is 46.5 Å². The number of aryl methyl sites for hydroxylation is 1. The molecule has 102 valence electrons. The van der Waals surface area contributed by atoms with Crippen molar-refractivity contribution in [1.82, 2.24) is 14.8 Å². The second kappa shape index (κ2) is 5.63. The molecule has 2 rings (SSSR count). The molecule has 4 nitrogen and oxygen atoms in total. The van der Waals surface area contributed by atoms with Gasteiger partial charge in [0.25, 0.3) is 0 Å². The molecule has 0 spiro atoms. The highest BCUT2D eigenvalue weighted by Gasteiger charge is 2.17. The number of nitrogens with zero attached hydrogens (tertiary/aromatic N) is 3. The molecule has 0 bridgehead atoms. The first kappa shape index (κ1) is 13.9. The third kappa shape index (κ3) is 2.90. The van der Waals surface area contributed by atoms with Gasteiger partial charge in [-0.05, 0) is 19.1 Å². The average Bonchev–Trinajstić information content (AvgIpc) is 2.80. The minimum Gasteiger partial charge on any atom is -0.323 e. The molecule has 1 atom stereocenters. The molecule has 1 heterocycles. The number of aromatic nitrogens is 3. The predicted octanol–water partition coefficient (Wildman–Crippen LogP) is 2.47. The molecule has 0 aliphatic carbocycles. The van der Waals surface area contributed by atoms with Gasteiger partial charge in [0.1, 0.15) is 23.8 Å². The van der Waals surface area contributed by atoms with E-state index in [-0.39, 0.29) is 17.0 Å². The predicted molar refractivity (Wildman–Crippen MR) is 67.7 cm³/mol. The van der Waals surface area contributed by atoms with Crippen LogP contribution in [0.4, 0.5) is 8.78 Å². The quantitative estimate of drug-likeness (QED) is 0.879. The standard InChI is InChI=1S/C12H13ClF2N4/c1-2-19-12(17-6-18-19)5-11(16)7-3-10(15)8(13)4-9(7)14/h3-4,6,11H,2,5,16H2,1H3. The van der Waals surface area contributed by atoms with E-state index in [1.807, 2.05) is 6.92 Å². The zero-order valence-electron chi connectivity index (χ0n) is 10.3. The summed E-state index contributed by atoms with van der Waals surface area (Å²) < 4.78 is 28.7. The maximum absolute atomic E-state index is 13.7. The molecular weight excluding hydrogens is 274 g/mol. The highest BCUT2D eigenvalue weighted by molar-refractivity contribution is 6.30. The number of nitrogens with two attached hydrogens (primary N) is 1. The number of hydrogen-bond acceptors (Lipinski definition) is 3. The fraction of sp³-hybridized carbons (Fsp3) is 0.333. The van der Waals surface area contributed by atoms with Gasteiger partial charge >= 0.3 is 0 Å². The Morgan fingerprint density at radius 2 is 2.11 bits per heavy atom. The monoisotopic (exact) mass is 286 g/mol. The van der Waals surface area contributed by atoms with Crippen LogP contribution in [0, 0.1) is 11.6 Å². The van der Waals surface area contributed by atoms with Gasteiger partial charge in [0, 0.05) is 24.6 Å². The first-order valence-electron chi connectivity index (χ1n) is 5.79. The van der Waals surface area contributed by atoms with Gasteiger partial charge in [-0.25, -0.2) is 13.8 Å². The third-order valence-electron chi connectivity index (χ3n) is 2.84. The van der Waals surface area contributed by atoms with Gasteiger partial charge in [0.15, 0.2) is 0 Å². The van der Waals surface area contributed by atoms with E-state index in [1.165, 1.54) is 6.33 Å². The van der Waals surface area contributed by atoms with E-state index in [0.29, 0.717) is 12.4 Å². The summed E-state index contributed by atoms with van der Waals surface area (Å²) in [6, 6.07) is 1.24. The normalized spacial score (nSPS) is 12.7. The van der Waals surface area contributed by atoms with Crippen molar-refractivity contribution in [3.8, 4) is 0 Å². The molecule has 2 aromatic rings. The van der Waals surface area contributed by atoms with Gasteiger partial charge in [0.2, 0.25) is 0 Å². The van der Waals surface area contributed by atoms with Crippen LogP contribution in [0.5, 0.6) is 0 Å². The van der Waals surface area contributed by atoms with Crippen LogP contribution in [-0.2, 0) is 13.0 Å². The molecule has 0 amide bonds. The lowest BCUT2D eigenvalue weighted by Gasteiger charge is -2.13. The highest BCUT2D eigenvalue weighted by Crippen LogP contribution is 2.24. The van der Waals surface area contributed by atoms with Crippen molar-refractivity contribution in [2.45, 2.75) is 25.9 Å². The van der Waals surface area contributed by atoms with Crippen LogP contribution in [0.1, 0.15) is 24.4 Å². The minimum absolute atomic E-state index is 0.0764. The van der Waals surface area contributed by atoms with Gasteiger partial charge in [0.05, 0.1) is 5.02 Å². The zero-order chi connectivity index (χ0) is 14.0. The van der Waals surface area contributed by atoms with Crippen LogP contribution in [-0.4, -0.2) is 14.8 Å². The van der Waals surface area contributed by atoms with Gasteiger partial charge < -0.3 is 5.73 Å². The SMILES string of the molecule is CCn1ncnc1CC(N)c1cc(F)c(Cl)cc1F. The molecule has 19 heavy (non-hydrogen) atoms. The third-order valence-corrected chi connectivity index (χ3v) is 3.13. The summed E-state index contributed by atoms with van der Waals surface area (Å²) in [5.74, 6) is -0.684. The van der Waals surface area contributed by atoms with Crippen molar-refractivity contribution in [2.24, 2.45) is 5.73 Å². The van der Waals surface area contributed by atoms with Crippen LogP contribution < -0.4 is 5.73 Å². The highest BCUT2D eigenvalue weighted by atomic mass is 35.5. The summed E-state index contributed by atoms with van der Waals surface area (Å²) in [6.07, 6.45) is 1.68. The Bertz CT molecular complexity index is 585. The lowest BCUT2D eigenvalue weighted by molar-refractivity contribution is 0.540. The van der Waals surface area contributed by atoms with Crippen LogP contribution >= 0.6 is 11.6 Å². The van der Waals surface area contributed by atoms with E-state index in [0.717, 1.165) is 12.1 Å². The second-order valence-corrected chi connectivity index (χ2v) is 4.50. The Kier molecular flexibility index (Phi) is 4.11. The van der Waals surface area contributed by atoms with Gasteiger partial charge in [-0.15, -0.1) is 0 Å². The van der Waals surface area contributed by atoms with E-state index < -0.39 is 17.7 Å². The minimum atomic E-state index is -0.707. The Morgan fingerprint density at radius 3 is 2.79 bits per heavy atom. The van der Waals surface area contributed by atoms with Crippen molar-refractivity contribution < 1.29 is 8.78 Å². The number of halogens is 3. The van der Waals surface area contributed by atoms with Crippen LogP contribution in [0.2, 0.25) is 5.02 Å². The lowest BCUT2D eigenvalue weighted by Crippen LogP contribution is -2.18. The van der Waals surface area contributed by atoms with Crippen molar-refractivity contribution in [2.75, 3.05) is 0 Å². The Morgan fingerprint density at radius 1 is 1.37 bits per heavy atom.